The van der Waals surface area contributed by atoms with Crippen LogP contribution < -0.4 is 4.90 Å². The molecule has 1 aliphatic heterocycles. The van der Waals surface area contributed by atoms with E-state index < -0.39 is 0 Å². The predicted octanol–water partition coefficient (Wildman–Crippen LogP) is 4.52. The number of hydrogen-bond donors (Lipinski definition) is 0. The molecule has 1 aromatic carbocycles. The van der Waals surface area contributed by atoms with Crippen molar-refractivity contribution < 1.29 is 13.9 Å². The maximum atomic E-state index is 14.1. The molecule has 1 aliphatic rings. The van der Waals surface area contributed by atoms with Gasteiger partial charge in [-0.05, 0) is 56.6 Å². The number of carbonyl (C=O) groups excluding carboxylic acids is 1. The first-order valence-electron chi connectivity index (χ1n) is 11.0. The van der Waals surface area contributed by atoms with Crippen LogP contribution in [0.5, 0.6) is 0 Å². The first-order chi connectivity index (χ1) is 15.1. The van der Waals surface area contributed by atoms with Gasteiger partial charge in [-0.25, -0.2) is 19.2 Å². The standard InChI is InChI=1S/C24H29FN4O2/c1-3-31-23(30)19-14-26-24(27-15-19)29-12-10-17(11-13-29)6-4-7-18-16-28(2)22-20(18)8-5-9-21(22)25/h5,8-9,14-17H,3-4,6-7,10-13H2,1-2H3. The highest BCUT2D eigenvalue weighted by Gasteiger charge is 2.21. The van der Waals surface area contributed by atoms with Crippen LogP contribution in [-0.4, -0.2) is 40.2 Å². The number of benzene rings is 1. The van der Waals surface area contributed by atoms with Gasteiger partial charge in [-0.15, -0.1) is 0 Å². The van der Waals surface area contributed by atoms with Crippen molar-refractivity contribution in [3.8, 4) is 0 Å². The average molecular weight is 425 g/mol. The van der Waals surface area contributed by atoms with Gasteiger partial charge in [0.05, 0.1) is 17.7 Å². The molecule has 0 bridgehead atoms. The minimum absolute atomic E-state index is 0.156. The van der Waals surface area contributed by atoms with Crippen molar-refractivity contribution in [2.75, 3.05) is 24.6 Å². The third kappa shape index (κ3) is 4.70. The van der Waals surface area contributed by atoms with Crippen LogP contribution in [0, 0.1) is 11.7 Å². The van der Waals surface area contributed by atoms with E-state index in [-0.39, 0.29) is 11.8 Å². The highest BCUT2D eigenvalue weighted by molar-refractivity contribution is 5.88. The maximum absolute atomic E-state index is 14.1. The minimum Gasteiger partial charge on any atom is -0.462 e. The molecule has 0 saturated carbocycles. The van der Waals surface area contributed by atoms with Gasteiger partial charge in [-0.3, -0.25) is 0 Å². The Kier molecular flexibility index (Phi) is 6.49. The third-order valence-corrected chi connectivity index (χ3v) is 6.14. The molecule has 3 aromatic rings. The fourth-order valence-electron chi connectivity index (χ4n) is 4.51. The van der Waals surface area contributed by atoms with Gasteiger partial charge < -0.3 is 14.2 Å². The lowest BCUT2D eigenvalue weighted by molar-refractivity contribution is 0.0525. The molecule has 4 rings (SSSR count). The number of ether oxygens (including phenoxy) is 1. The summed E-state index contributed by atoms with van der Waals surface area (Å²) >= 11 is 0. The minimum atomic E-state index is -0.387. The van der Waals surface area contributed by atoms with Crippen LogP contribution in [0.3, 0.4) is 0 Å². The summed E-state index contributed by atoms with van der Waals surface area (Å²) in [7, 11) is 1.91. The quantitative estimate of drug-likeness (QED) is 0.522. The molecule has 0 aliphatic carbocycles. The molecule has 6 nitrogen and oxygen atoms in total. The van der Waals surface area contributed by atoms with E-state index in [2.05, 4.69) is 21.1 Å². The zero-order valence-electron chi connectivity index (χ0n) is 18.2. The second-order valence-electron chi connectivity index (χ2n) is 8.22. The Labute approximate surface area is 182 Å². The fraction of sp³-hybridized carbons (Fsp3) is 0.458. The Morgan fingerprint density at radius 3 is 2.68 bits per heavy atom. The van der Waals surface area contributed by atoms with Gasteiger partial charge in [0, 0.05) is 44.1 Å². The van der Waals surface area contributed by atoms with E-state index in [1.165, 1.54) is 18.1 Å². The molecule has 7 heteroatoms. The number of hydrogen-bond acceptors (Lipinski definition) is 5. The molecule has 1 fully saturated rings. The van der Waals surface area contributed by atoms with E-state index >= 15 is 0 Å². The third-order valence-electron chi connectivity index (χ3n) is 6.14. The van der Waals surface area contributed by atoms with Crippen molar-refractivity contribution in [3.05, 3.63) is 53.7 Å². The summed E-state index contributed by atoms with van der Waals surface area (Å²) in [4.78, 5) is 22.6. The number of esters is 1. The van der Waals surface area contributed by atoms with Gasteiger partial charge in [0.2, 0.25) is 5.95 Å². The van der Waals surface area contributed by atoms with Gasteiger partial charge in [-0.2, -0.15) is 0 Å². The normalized spacial score (nSPS) is 14.9. The largest absolute Gasteiger partial charge is 0.462 e. The second-order valence-corrected chi connectivity index (χ2v) is 8.22. The van der Waals surface area contributed by atoms with Crippen molar-refractivity contribution in [2.45, 2.75) is 39.0 Å². The molecule has 31 heavy (non-hydrogen) atoms. The lowest BCUT2D eigenvalue weighted by atomic mass is 9.91. The Morgan fingerprint density at radius 1 is 1.23 bits per heavy atom. The number of carbonyl (C=O) groups is 1. The number of piperidine rings is 1. The van der Waals surface area contributed by atoms with Gasteiger partial charge in [-0.1, -0.05) is 12.1 Å². The number of halogens is 1. The number of rotatable bonds is 7. The summed E-state index contributed by atoms with van der Waals surface area (Å²) in [5.41, 5.74) is 2.30. The molecular formula is C24H29FN4O2. The maximum Gasteiger partial charge on any atom is 0.341 e. The van der Waals surface area contributed by atoms with Crippen LogP contribution in [0.25, 0.3) is 10.9 Å². The number of nitrogens with zero attached hydrogens (tertiary/aromatic N) is 4. The molecule has 0 radical (unpaired) electrons. The van der Waals surface area contributed by atoms with E-state index in [1.54, 1.807) is 25.4 Å². The zero-order valence-corrected chi connectivity index (χ0v) is 18.2. The monoisotopic (exact) mass is 424 g/mol. The molecular weight excluding hydrogens is 395 g/mol. The van der Waals surface area contributed by atoms with E-state index in [1.807, 2.05) is 17.7 Å². The van der Waals surface area contributed by atoms with Crippen molar-refractivity contribution in [3.63, 3.8) is 0 Å². The summed E-state index contributed by atoms with van der Waals surface area (Å²) < 4.78 is 21.0. The molecule has 0 atom stereocenters. The molecule has 1 saturated heterocycles. The smallest absolute Gasteiger partial charge is 0.341 e. The zero-order chi connectivity index (χ0) is 21.8. The van der Waals surface area contributed by atoms with Gasteiger partial charge in [0.25, 0.3) is 0 Å². The van der Waals surface area contributed by atoms with Crippen molar-refractivity contribution >= 4 is 22.8 Å². The molecule has 2 aromatic heterocycles. The Balaban J connectivity index is 1.26. The number of fused-ring (bicyclic) bond motifs is 1. The van der Waals surface area contributed by atoms with Crippen LogP contribution in [0.2, 0.25) is 0 Å². The van der Waals surface area contributed by atoms with Crippen LogP contribution in [0.1, 0.15) is 48.5 Å². The predicted molar refractivity (Wildman–Crippen MR) is 119 cm³/mol. The molecule has 0 amide bonds. The van der Waals surface area contributed by atoms with Gasteiger partial charge in [0.1, 0.15) is 5.82 Å². The SMILES string of the molecule is CCOC(=O)c1cnc(N2CCC(CCCc3cn(C)c4c(F)cccc34)CC2)nc1. The average Bonchev–Trinajstić information content (AvgIpc) is 3.11. The summed E-state index contributed by atoms with van der Waals surface area (Å²) in [5.74, 6) is 0.809. The topological polar surface area (TPSA) is 60.2 Å². The first-order valence-corrected chi connectivity index (χ1v) is 11.0. The molecule has 0 N–H and O–H groups in total. The first kappa shape index (κ1) is 21.3. The Morgan fingerprint density at radius 2 is 1.97 bits per heavy atom. The summed E-state index contributed by atoms with van der Waals surface area (Å²) in [5, 5.41) is 1.03. The van der Waals surface area contributed by atoms with Crippen molar-refractivity contribution in [1.82, 2.24) is 14.5 Å². The number of anilines is 1. The van der Waals surface area contributed by atoms with Crippen LogP contribution in [-0.2, 0) is 18.2 Å². The second kappa shape index (κ2) is 9.45. The molecule has 3 heterocycles. The van der Waals surface area contributed by atoms with E-state index in [4.69, 9.17) is 4.74 Å². The number of para-hydroxylation sites is 1. The van der Waals surface area contributed by atoms with Gasteiger partial charge >= 0.3 is 5.97 Å². The number of aromatic nitrogens is 3. The molecule has 0 spiro atoms. The fourth-order valence-corrected chi connectivity index (χ4v) is 4.51. The molecule has 164 valence electrons. The summed E-state index contributed by atoms with van der Waals surface area (Å²) in [6, 6.07) is 5.33. The van der Waals surface area contributed by atoms with Crippen molar-refractivity contribution in [1.29, 1.82) is 0 Å². The Bertz CT molecular complexity index is 1040. The highest BCUT2D eigenvalue weighted by atomic mass is 19.1. The molecule has 0 unspecified atom stereocenters. The van der Waals surface area contributed by atoms with E-state index in [0.717, 1.165) is 44.2 Å². The lowest BCUT2D eigenvalue weighted by Gasteiger charge is -2.32. The van der Waals surface area contributed by atoms with Crippen LogP contribution in [0.4, 0.5) is 10.3 Å². The van der Waals surface area contributed by atoms with Gasteiger partial charge in [0.15, 0.2) is 0 Å². The van der Waals surface area contributed by atoms with Crippen molar-refractivity contribution in [2.24, 2.45) is 13.0 Å². The lowest BCUT2D eigenvalue weighted by Crippen LogP contribution is -2.35. The summed E-state index contributed by atoms with van der Waals surface area (Å²) in [6.07, 6.45) is 10.6. The highest BCUT2D eigenvalue weighted by Crippen LogP contribution is 2.28. The summed E-state index contributed by atoms with van der Waals surface area (Å²) in [6.45, 7) is 3.95. The Hall–Kier alpha value is -2.96. The van der Waals surface area contributed by atoms with E-state index in [9.17, 15) is 9.18 Å². The van der Waals surface area contributed by atoms with Crippen LogP contribution >= 0.6 is 0 Å². The number of aryl methyl sites for hydroxylation is 2. The van der Waals surface area contributed by atoms with E-state index in [0.29, 0.717) is 29.6 Å². The van der Waals surface area contributed by atoms with Crippen LogP contribution in [0.15, 0.2) is 36.8 Å².